The minimum absolute atomic E-state index is 0.150. The second kappa shape index (κ2) is 14.4. The van der Waals surface area contributed by atoms with E-state index in [0.29, 0.717) is 5.75 Å². The van der Waals surface area contributed by atoms with Gasteiger partial charge in [-0.3, -0.25) is 0 Å². The maximum Gasteiger partial charge on any atom is 0.499 e. The first-order valence-electron chi connectivity index (χ1n) is 25.0. The number of para-hydroxylation sites is 1. The smallest absolute Gasteiger partial charge is 0.392 e. The van der Waals surface area contributed by atoms with E-state index in [1.165, 1.54) is 16.7 Å². The number of fused-ring (bicyclic) bond motifs is 5. The number of ether oxygens (including phenoxy) is 1. The van der Waals surface area contributed by atoms with Gasteiger partial charge < -0.3 is 4.74 Å². The molecule has 65 heavy (non-hydrogen) atoms. The van der Waals surface area contributed by atoms with Gasteiger partial charge in [-0.05, 0) is 141 Å². The Morgan fingerprint density at radius 3 is 2.00 bits per heavy atom. The van der Waals surface area contributed by atoms with Crippen molar-refractivity contribution < 1.29 is 18.0 Å². The average Bonchev–Trinajstić information content (AvgIpc) is 3.76. The molecule has 3 aliphatic rings. The van der Waals surface area contributed by atoms with Crippen LogP contribution >= 0.6 is 0 Å². The number of aryl methyl sites for hydroxylation is 2. The van der Waals surface area contributed by atoms with Crippen LogP contribution in [0, 0.1) is 13.8 Å². The predicted molar refractivity (Wildman–Crippen MR) is 268 cm³/mol. The van der Waals surface area contributed by atoms with Crippen molar-refractivity contribution in [2.45, 2.75) is 125 Å². The normalized spacial score (nSPS) is 16.7. The number of aromatic nitrogens is 3. The quantitative estimate of drug-likeness (QED) is 0.146. The van der Waals surface area contributed by atoms with Crippen molar-refractivity contribution >= 4 is 11.0 Å². The van der Waals surface area contributed by atoms with E-state index >= 15 is 0 Å². The van der Waals surface area contributed by atoms with Gasteiger partial charge in [0.2, 0.25) is 5.69 Å². The van der Waals surface area contributed by atoms with E-state index in [9.17, 15) is 4.11 Å². The first-order chi connectivity index (χ1) is 31.9. The summed E-state index contributed by atoms with van der Waals surface area (Å²) < 4.78 is 43.7. The summed E-state index contributed by atoms with van der Waals surface area (Å²) >= 11 is 0. The highest BCUT2D eigenvalue weighted by Gasteiger charge is 2.69. The van der Waals surface area contributed by atoms with E-state index in [4.69, 9.17) is 4.74 Å². The van der Waals surface area contributed by atoms with Crippen LogP contribution in [0.15, 0.2) is 121 Å². The summed E-state index contributed by atoms with van der Waals surface area (Å²) in [5.41, 5.74) is 21.3. The minimum Gasteiger partial charge on any atom is -0.392 e. The number of hydrogen-bond donors (Lipinski definition) is 0. The van der Waals surface area contributed by atoms with Crippen molar-refractivity contribution in [1.82, 2.24) is 4.57 Å². The molecule has 1 atom stereocenters. The lowest BCUT2D eigenvalue weighted by Gasteiger charge is -2.34. The van der Waals surface area contributed by atoms with E-state index in [1.807, 2.05) is 41.5 Å². The molecule has 0 saturated carbocycles. The van der Waals surface area contributed by atoms with Crippen LogP contribution in [-0.2, 0) is 11.3 Å². The summed E-state index contributed by atoms with van der Waals surface area (Å²) in [6, 6.07) is 42.3. The molecule has 0 fully saturated rings. The van der Waals surface area contributed by atoms with Crippen LogP contribution in [-0.4, -0.2) is 4.57 Å². The molecule has 0 radical (unpaired) electrons. The summed E-state index contributed by atoms with van der Waals surface area (Å²) in [5, 5.41) is 0. The summed E-state index contributed by atoms with van der Waals surface area (Å²) in [4.78, 5) is 0. The Kier molecular flexibility index (Phi) is 8.41. The van der Waals surface area contributed by atoms with Gasteiger partial charge in [0.05, 0.1) is 5.56 Å². The van der Waals surface area contributed by atoms with Crippen LogP contribution in [0.4, 0.5) is 0 Å². The fourth-order valence-corrected chi connectivity index (χ4v) is 11.0. The fraction of sp³-hybridized carbons (Fsp3) is 0.311. The third-order valence-corrected chi connectivity index (χ3v) is 14.4. The zero-order valence-electron chi connectivity index (χ0n) is 43.4. The van der Waals surface area contributed by atoms with Gasteiger partial charge in [-0.1, -0.05) is 142 Å². The minimum atomic E-state index is -1.21. The van der Waals surface area contributed by atoms with E-state index in [2.05, 4.69) is 184 Å². The fourth-order valence-electron chi connectivity index (χ4n) is 11.0. The van der Waals surface area contributed by atoms with E-state index < -0.39 is 23.5 Å². The van der Waals surface area contributed by atoms with Crippen LogP contribution in [0.3, 0.4) is 0 Å². The Hall–Kier alpha value is -6.26. The molecular formula is C61H63N3O+2. The molecule has 1 spiro atoms. The number of rotatable bonds is 7. The second-order valence-corrected chi connectivity index (χ2v) is 20.9. The third kappa shape index (κ3) is 5.88. The number of nitrogens with zero attached hydrogens (tertiary/aromatic N) is 3. The number of imidazole rings is 1. The van der Waals surface area contributed by atoms with Gasteiger partial charge in [0, 0.05) is 27.4 Å². The van der Waals surface area contributed by atoms with Gasteiger partial charge >= 0.3 is 11.7 Å². The van der Waals surface area contributed by atoms with Crippen molar-refractivity contribution in [3.63, 3.8) is 0 Å². The molecule has 6 aromatic carbocycles. The largest absolute Gasteiger partial charge is 0.499 e. The molecule has 0 N–H and O–H groups in total. The first kappa shape index (κ1) is 38.1. The summed E-state index contributed by atoms with van der Waals surface area (Å²) in [5.74, 6) is -2.17. The Morgan fingerprint density at radius 1 is 0.631 bits per heavy atom. The number of pyridine rings is 1. The maximum absolute atomic E-state index is 9.79. The molecule has 1 unspecified atom stereocenters. The van der Waals surface area contributed by atoms with E-state index in [1.54, 1.807) is 0 Å². The topological polar surface area (TPSA) is 21.9 Å². The monoisotopic (exact) mass is 857 g/mol. The van der Waals surface area contributed by atoms with Crippen LogP contribution < -0.4 is 13.9 Å². The highest BCUT2D eigenvalue weighted by Crippen LogP contribution is 2.56. The second-order valence-electron chi connectivity index (χ2n) is 20.9. The van der Waals surface area contributed by atoms with Crippen LogP contribution in [0.5, 0.6) is 5.75 Å². The Morgan fingerprint density at radius 2 is 1.32 bits per heavy atom. The number of hydrogen-bond acceptors (Lipinski definition) is 1. The lowest BCUT2D eigenvalue weighted by molar-refractivity contribution is -0.997. The zero-order valence-corrected chi connectivity index (χ0v) is 40.4. The Balaban J connectivity index is 1.30. The molecule has 0 saturated heterocycles. The molecule has 0 amide bonds. The van der Waals surface area contributed by atoms with Crippen molar-refractivity contribution in [2.75, 3.05) is 0 Å². The molecule has 2 aromatic heterocycles. The van der Waals surface area contributed by atoms with Gasteiger partial charge in [-0.2, -0.15) is 4.57 Å². The SMILES string of the molecule is [2H]C(C)(C)c1cc2c(c(C([2H])(C)C)c1)OC13c4c(cc(C(C)(C)C)cc4-c4cc(-c5ccc(C)cc5)cc[n+]41)-c1cccc4c1[n+]3c-2n4-c1ccc(-c2c(C(C)C)cccc2C([2H])(C)C)cc1C. The van der Waals surface area contributed by atoms with Gasteiger partial charge in [-0.25, -0.2) is 0 Å². The van der Waals surface area contributed by atoms with Crippen molar-refractivity contribution in [3.8, 4) is 67.5 Å². The molecule has 11 rings (SSSR count). The zero-order chi connectivity index (χ0) is 48.4. The average molecular weight is 857 g/mol. The molecule has 4 nitrogen and oxygen atoms in total. The molecule has 0 aliphatic carbocycles. The van der Waals surface area contributed by atoms with Crippen LogP contribution in [0.2, 0.25) is 0 Å². The molecule has 5 heterocycles. The van der Waals surface area contributed by atoms with Crippen LogP contribution in [0.25, 0.3) is 72.7 Å². The highest BCUT2D eigenvalue weighted by molar-refractivity contribution is 5.98. The Bertz CT molecular complexity index is 3460. The first-order valence-corrected chi connectivity index (χ1v) is 23.5. The van der Waals surface area contributed by atoms with Gasteiger partial charge in [0.1, 0.15) is 16.8 Å². The summed E-state index contributed by atoms with van der Waals surface area (Å²) in [7, 11) is 0. The highest BCUT2D eigenvalue weighted by atomic mass is 16.5. The van der Waals surface area contributed by atoms with E-state index in [0.717, 1.165) is 101 Å². The molecular weight excluding hydrogens is 791 g/mol. The van der Waals surface area contributed by atoms with Gasteiger partial charge in [0.25, 0.3) is 0 Å². The lowest BCUT2D eigenvalue weighted by atomic mass is 9.80. The predicted octanol–water partition coefficient (Wildman–Crippen LogP) is 15.2. The maximum atomic E-state index is 9.79. The standard InChI is InChI=1S/C61H63N3O/c1-34(2)43-29-48(37(7)8)58-51(30-43)59-63(52-25-24-42(28-39(52)10)55-45(35(3)4)16-14-17-46(55)36(5)6)53-19-15-18-47-49-32-44(60(11,12)13)33-50-54-31-41(40-22-20-38(9)21-23-40)26-27-62(54)61(65-58,56(49)50)64(59)57(47)53/h14-37H,1-13H3/q+2/i34D,35D,37D. The molecule has 326 valence electrons. The molecule has 4 heteroatoms. The third-order valence-electron chi connectivity index (χ3n) is 14.4. The summed E-state index contributed by atoms with van der Waals surface area (Å²) in [6.45, 7) is 27.4. The lowest BCUT2D eigenvalue weighted by Crippen LogP contribution is -2.78. The Labute approximate surface area is 390 Å². The van der Waals surface area contributed by atoms with Crippen molar-refractivity contribution in [3.05, 3.63) is 166 Å². The molecule has 0 bridgehead atoms. The van der Waals surface area contributed by atoms with Crippen LogP contribution in [0.1, 0.15) is 148 Å². The van der Waals surface area contributed by atoms with Gasteiger partial charge in [-0.15, -0.1) is 9.13 Å². The van der Waals surface area contributed by atoms with E-state index in [-0.39, 0.29) is 11.3 Å². The number of benzene rings is 6. The van der Waals surface area contributed by atoms with Crippen molar-refractivity contribution in [2.24, 2.45) is 0 Å². The molecule has 8 aromatic rings. The summed E-state index contributed by atoms with van der Waals surface area (Å²) in [6.07, 6.45) is 2.22. The van der Waals surface area contributed by atoms with Crippen molar-refractivity contribution in [1.29, 1.82) is 0 Å². The molecule has 3 aliphatic heterocycles. The van der Waals surface area contributed by atoms with Gasteiger partial charge in [0.15, 0.2) is 23.0 Å².